The lowest BCUT2D eigenvalue weighted by Gasteiger charge is -2.19. The van der Waals surface area contributed by atoms with E-state index in [1.54, 1.807) is 20.8 Å². The summed E-state index contributed by atoms with van der Waals surface area (Å²) in [5.41, 5.74) is -0.635. The Morgan fingerprint density at radius 3 is 2.50 bits per heavy atom. The van der Waals surface area contributed by atoms with E-state index in [0.29, 0.717) is 6.42 Å². The predicted octanol–water partition coefficient (Wildman–Crippen LogP) is 3.08. The Morgan fingerprint density at radius 1 is 1.32 bits per heavy atom. The van der Waals surface area contributed by atoms with E-state index in [2.05, 4.69) is 5.32 Å². The number of carbonyl (C=O) groups excluding carboxylic acids is 1. The molecular weight excluding hydrogens is 292 g/mol. The van der Waals surface area contributed by atoms with Crippen molar-refractivity contribution in [1.29, 1.82) is 0 Å². The molecule has 0 spiro atoms. The van der Waals surface area contributed by atoms with Crippen molar-refractivity contribution in [2.75, 3.05) is 6.54 Å². The van der Waals surface area contributed by atoms with Gasteiger partial charge in [0.05, 0.1) is 5.41 Å². The van der Waals surface area contributed by atoms with Crippen LogP contribution >= 0.6 is 0 Å². The lowest BCUT2D eigenvalue weighted by molar-refractivity contribution is -0.147. The zero-order valence-corrected chi connectivity index (χ0v) is 13.0. The van der Waals surface area contributed by atoms with Crippen LogP contribution in [0.1, 0.15) is 45.1 Å². The number of amides is 1. The summed E-state index contributed by atoms with van der Waals surface area (Å²) >= 11 is 0. The normalized spacial score (nSPS) is 12.8. The molecule has 0 fully saturated rings. The number of halogens is 2. The molecule has 0 bridgehead atoms. The summed E-state index contributed by atoms with van der Waals surface area (Å²) in [5, 5.41) is 11.6. The van der Waals surface area contributed by atoms with E-state index in [0.717, 1.165) is 12.1 Å². The zero-order chi connectivity index (χ0) is 16.9. The Kier molecular flexibility index (Phi) is 6.02. The second-order valence-electron chi connectivity index (χ2n) is 6.06. The van der Waals surface area contributed by atoms with Gasteiger partial charge in [-0.05, 0) is 37.8 Å². The number of benzene rings is 1. The molecule has 122 valence electrons. The van der Waals surface area contributed by atoms with Gasteiger partial charge in [0.25, 0.3) is 0 Å². The zero-order valence-electron chi connectivity index (χ0n) is 13.0. The molecule has 0 saturated heterocycles. The Bertz CT molecular complexity index is 558. The first-order valence-corrected chi connectivity index (χ1v) is 7.08. The highest BCUT2D eigenvalue weighted by molar-refractivity contribution is 5.77. The van der Waals surface area contributed by atoms with Crippen molar-refractivity contribution in [1.82, 2.24) is 5.32 Å². The fraction of sp³-hybridized carbons (Fsp3) is 0.500. The van der Waals surface area contributed by atoms with Crippen LogP contribution in [0.15, 0.2) is 18.2 Å². The highest BCUT2D eigenvalue weighted by Gasteiger charge is 2.26. The number of carboxylic acid groups (broad SMARTS) is 1. The van der Waals surface area contributed by atoms with Crippen LogP contribution in [0.3, 0.4) is 0 Å². The number of aliphatic carboxylic acids is 1. The maximum Gasteiger partial charge on any atom is 0.309 e. The molecule has 1 aromatic carbocycles. The van der Waals surface area contributed by atoms with Crippen molar-refractivity contribution >= 4 is 11.9 Å². The molecule has 4 nitrogen and oxygen atoms in total. The van der Waals surface area contributed by atoms with Crippen LogP contribution in [0.25, 0.3) is 0 Å². The van der Waals surface area contributed by atoms with Gasteiger partial charge in [0.2, 0.25) is 5.91 Å². The fourth-order valence-electron chi connectivity index (χ4n) is 1.98. The summed E-state index contributed by atoms with van der Waals surface area (Å²) in [6.07, 6.45) is 0.351. The molecular formula is C16H21F2NO3. The number of carboxylic acids is 1. The molecule has 1 rings (SSSR count). The smallest absolute Gasteiger partial charge is 0.309 e. The van der Waals surface area contributed by atoms with Crippen molar-refractivity contribution < 1.29 is 23.5 Å². The van der Waals surface area contributed by atoms with E-state index >= 15 is 0 Å². The summed E-state index contributed by atoms with van der Waals surface area (Å²) in [7, 11) is 0. The first-order chi connectivity index (χ1) is 10.1. The van der Waals surface area contributed by atoms with Gasteiger partial charge in [-0.25, -0.2) is 8.78 Å². The molecule has 1 unspecified atom stereocenters. The minimum Gasteiger partial charge on any atom is -0.481 e. The summed E-state index contributed by atoms with van der Waals surface area (Å²) in [6, 6.07) is 3.28. The second-order valence-corrected chi connectivity index (χ2v) is 6.06. The molecule has 2 N–H and O–H groups in total. The molecule has 0 aliphatic heterocycles. The van der Waals surface area contributed by atoms with Gasteiger partial charge in [0.15, 0.2) is 0 Å². The van der Waals surface area contributed by atoms with Gasteiger partial charge in [-0.15, -0.1) is 0 Å². The van der Waals surface area contributed by atoms with Crippen LogP contribution in [0.5, 0.6) is 0 Å². The number of hydrogen-bond donors (Lipinski definition) is 2. The van der Waals surface area contributed by atoms with Gasteiger partial charge in [-0.1, -0.05) is 13.0 Å². The van der Waals surface area contributed by atoms with Crippen molar-refractivity contribution in [3.05, 3.63) is 35.4 Å². The Balaban J connectivity index is 2.50. The van der Waals surface area contributed by atoms with Gasteiger partial charge < -0.3 is 10.4 Å². The molecule has 0 aromatic heterocycles. The van der Waals surface area contributed by atoms with Gasteiger partial charge >= 0.3 is 5.97 Å². The van der Waals surface area contributed by atoms with Crippen molar-refractivity contribution in [3.63, 3.8) is 0 Å². The fourth-order valence-corrected chi connectivity index (χ4v) is 1.98. The Labute approximate surface area is 128 Å². The van der Waals surface area contributed by atoms with E-state index in [4.69, 9.17) is 5.11 Å². The van der Waals surface area contributed by atoms with Crippen LogP contribution < -0.4 is 5.32 Å². The van der Waals surface area contributed by atoms with E-state index in [-0.39, 0.29) is 24.4 Å². The van der Waals surface area contributed by atoms with E-state index in [1.165, 1.54) is 6.07 Å². The largest absolute Gasteiger partial charge is 0.481 e. The molecule has 1 aromatic rings. The van der Waals surface area contributed by atoms with Crippen molar-refractivity contribution in [3.8, 4) is 0 Å². The minimum atomic E-state index is -0.927. The lowest BCUT2D eigenvalue weighted by Crippen LogP contribution is -2.32. The molecule has 1 amide bonds. The molecule has 0 heterocycles. The molecule has 1 atom stereocenters. The summed E-state index contributed by atoms with van der Waals surface area (Å²) in [5.74, 6) is -2.95. The van der Waals surface area contributed by atoms with Gasteiger partial charge in [0, 0.05) is 19.0 Å². The molecule has 22 heavy (non-hydrogen) atoms. The first-order valence-electron chi connectivity index (χ1n) is 7.08. The van der Waals surface area contributed by atoms with Crippen molar-refractivity contribution in [2.24, 2.45) is 5.41 Å². The Hall–Kier alpha value is -1.98. The van der Waals surface area contributed by atoms with Crippen LogP contribution in [0.4, 0.5) is 8.78 Å². The van der Waals surface area contributed by atoms with E-state index in [1.807, 2.05) is 0 Å². The van der Waals surface area contributed by atoms with Crippen LogP contribution in [0, 0.1) is 17.0 Å². The summed E-state index contributed by atoms with van der Waals surface area (Å²) < 4.78 is 26.5. The van der Waals surface area contributed by atoms with Crippen LogP contribution in [-0.4, -0.2) is 23.5 Å². The van der Waals surface area contributed by atoms with Crippen LogP contribution in [-0.2, 0) is 9.59 Å². The molecule has 0 aliphatic rings. The quantitative estimate of drug-likeness (QED) is 0.813. The standard InChI is InChI=1S/C16H21F2NO3/c1-10(12-5-4-11(17)9-13(12)18)8-14(20)19-7-6-16(2,3)15(21)22/h4-5,9-10H,6-8H2,1-3H3,(H,19,20)(H,21,22). The maximum atomic E-state index is 13.6. The number of nitrogens with one attached hydrogen (secondary N) is 1. The average Bonchev–Trinajstić information content (AvgIpc) is 2.37. The highest BCUT2D eigenvalue weighted by Crippen LogP contribution is 2.23. The molecule has 0 aliphatic carbocycles. The third kappa shape index (κ3) is 5.09. The van der Waals surface area contributed by atoms with Gasteiger partial charge in [-0.3, -0.25) is 9.59 Å². The first kappa shape index (κ1) is 18.1. The lowest BCUT2D eigenvalue weighted by atomic mass is 9.89. The van der Waals surface area contributed by atoms with Crippen LogP contribution in [0.2, 0.25) is 0 Å². The molecule has 6 heteroatoms. The Morgan fingerprint density at radius 2 is 1.95 bits per heavy atom. The third-order valence-electron chi connectivity index (χ3n) is 3.64. The van der Waals surface area contributed by atoms with Gasteiger partial charge in [-0.2, -0.15) is 0 Å². The van der Waals surface area contributed by atoms with Crippen molar-refractivity contribution in [2.45, 2.75) is 39.5 Å². The number of carbonyl (C=O) groups is 2. The highest BCUT2D eigenvalue weighted by atomic mass is 19.1. The minimum absolute atomic E-state index is 0.0516. The number of hydrogen-bond acceptors (Lipinski definition) is 2. The summed E-state index contributed by atoms with van der Waals surface area (Å²) in [6.45, 7) is 5.07. The monoisotopic (exact) mass is 313 g/mol. The third-order valence-corrected chi connectivity index (χ3v) is 3.64. The summed E-state index contributed by atoms with van der Waals surface area (Å²) in [4.78, 5) is 22.7. The SMILES string of the molecule is CC(CC(=O)NCCC(C)(C)C(=O)O)c1ccc(F)cc1F. The molecule has 0 saturated carbocycles. The van der Waals surface area contributed by atoms with E-state index < -0.39 is 28.9 Å². The molecule has 0 radical (unpaired) electrons. The topological polar surface area (TPSA) is 66.4 Å². The number of rotatable bonds is 7. The second kappa shape index (κ2) is 7.33. The van der Waals surface area contributed by atoms with Gasteiger partial charge in [0.1, 0.15) is 11.6 Å². The maximum absolute atomic E-state index is 13.6. The van der Waals surface area contributed by atoms with E-state index in [9.17, 15) is 18.4 Å². The predicted molar refractivity (Wildman–Crippen MR) is 78.4 cm³/mol. The average molecular weight is 313 g/mol.